The molecular formula is C31H29F. The molecular weight excluding hydrogens is 391 g/mol. The zero-order chi connectivity index (χ0) is 22.3. The molecule has 0 aliphatic heterocycles. The summed E-state index contributed by atoms with van der Waals surface area (Å²) in [6.45, 7) is 4.39. The molecule has 160 valence electrons. The number of halogens is 1. The summed E-state index contributed by atoms with van der Waals surface area (Å²) in [5, 5.41) is 0. The van der Waals surface area contributed by atoms with E-state index in [0.717, 1.165) is 29.4 Å². The Morgan fingerprint density at radius 2 is 1.28 bits per heavy atom. The van der Waals surface area contributed by atoms with Crippen molar-refractivity contribution in [3.63, 3.8) is 0 Å². The summed E-state index contributed by atoms with van der Waals surface area (Å²) in [5.41, 5.74) is 5.44. The molecule has 0 unspecified atom stereocenters. The molecule has 0 nitrogen and oxygen atoms in total. The number of hydrogen-bond acceptors (Lipinski definition) is 0. The molecule has 0 saturated heterocycles. The summed E-state index contributed by atoms with van der Waals surface area (Å²) < 4.78 is 14.5. The van der Waals surface area contributed by atoms with Crippen molar-refractivity contribution in [1.29, 1.82) is 0 Å². The van der Waals surface area contributed by atoms with Gasteiger partial charge in [0, 0.05) is 16.7 Å². The van der Waals surface area contributed by atoms with Crippen molar-refractivity contribution in [1.82, 2.24) is 0 Å². The Morgan fingerprint density at radius 1 is 0.719 bits per heavy atom. The van der Waals surface area contributed by atoms with Crippen LogP contribution in [-0.2, 0) is 6.42 Å². The van der Waals surface area contributed by atoms with Gasteiger partial charge < -0.3 is 0 Å². The lowest BCUT2D eigenvalue weighted by Gasteiger charge is -2.26. The topological polar surface area (TPSA) is 0 Å². The van der Waals surface area contributed by atoms with Gasteiger partial charge in [-0.2, -0.15) is 0 Å². The lowest BCUT2D eigenvalue weighted by atomic mass is 9.80. The molecule has 0 spiro atoms. The lowest BCUT2D eigenvalue weighted by molar-refractivity contribution is 0.289. The fraction of sp³-hybridized carbons (Fsp3) is 0.290. The zero-order valence-corrected chi connectivity index (χ0v) is 18.9. The molecule has 0 radical (unpaired) electrons. The highest BCUT2D eigenvalue weighted by atomic mass is 19.1. The molecule has 1 aliphatic rings. The monoisotopic (exact) mass is 420 g/mol. The molecule has 0 atom stereocenters. The molecule has 0 amide bonds. The summed E-state index contributed by atoms with van der Waals surface area (Å²) in [6, 6.07) is 21.4. The van der Waals surface area contributed by atoms with Crippen LogP contribution >= 0.6 is 0 Å². The van der Waals surface area contributed by atoms with Crippen molar-refractivity contribution < 1.29 is 4.39 Å². The summed E-state index contributed by atoms with van der Waals surface area (Å²) >= 11 is 0. The van der Waals surface area contributed by atoms with Gasteiger partial charge in [-0.3, -0.25) is 0 Å². The van der Waals surface area contributed by atoms with E-state index in [2.05, 4.69) is 54.9 Å². The van der Waals surface area contributed by atoms with E-state index < -0.39 is 0 Å². The number of benzene rings is 3. The molecule has 32 heavy (non-hydrogen) atoms. The highest BCUT2D eigenvalue weighted by Crippen LogP contribution is 2.30. The SMILES string of the molecule is Cc1ccc(C#Cc2ccc(C#Cc3ccc(CC4CCC(C)CC4)cc3)cc2F)cc1. The Bertz CT molecular complexity index is 1170. The van der Waals surface area contributed by atoms with Crippen molar-refractivity contribution >= 4 is 0 Å². The maximum atomic E-state index is 14.5. The molecule has 0 heterocycles. The maximum Gasteiger partial charge on any atom is 0.140 e. The van der Waals surface area contributed by atoms with E-state index in [1.807, 2.05) is 37.3 Å². The largest absolute Gasteiger partial charge is 0.206 e. The first-order valence-electron chi connectivity index (χ1n) is 11.5. The second kappa shape index (κ2) is 10.3. The van der Waals surface area contributed by atoms with Crippen LogP contribution < -0.4 is 0 Å². The Hall–Kier alpha value is -3.29. The van der Waals surface area contributed by atoms with Crippen LogP contribution in [0.3, 0.4) is 0 Å². The van der Waals surface area contributed by atoms with Crippen LogP contribution in [0.25, 0.3) is 0 Å². The van der Waals surface area contributed by atoms with Crippen molar-refractivity contribution in [2.75, 3.05) is 0 Å². The average Bonchev–Trinajstić information content (AvgIpc) is 2.80. The minimum atomic E-state index is -0.339. The van der Waals surface area contributed by atoms with Gasteiger partial charge in [0.15, 0.2) is 0 Å². The maximum absolute atomic E-state index is 14.5. The molecule has 4 rings (SSSR count). The van der Waals surface area contributed by atoms with Gasteiger partial charge in [-0.25, -0.2) is 4.39 Å². The second-order valence-electron chi connectivity index (χ2n) is 9.09. The van der Waals surface area contributed by atoms with Gasteiger partial charge in [-0.1, -0.05) is 73.3 Å². The normalized spacial score (nSPS) is 17.6. The fourth-order valence-electron chi connectivity index (χ4n) is 4.21. The highest BCUT2D eigenvalue weighted by molar-refractivity contribution is 5.49. The van der Waals surface area contributed by atoms with E-state index >= 15 is 0 Å². The standard InChI is InChI=1S/C31H29F/c1-23-3-7-25(8-4-23)17-19-30-20-18-29(22-31(30)32)16-13-26-11-14-28(15-12-26)21-27-9-5-24(2)6-10-27/h3-4,7-8,11-12,14-15,18,20,22,24,27H,5-6,9-10,21H2,1-2H3. The van der Waals surface area contributed by atoms with Crippen LogP contribution in [0.4, 0.5) is 4.39 Å². The van der Waals surface area contributed by atoms with Crippen LogP contribution in [0.1, 0.15) is 66.0 Å². The van der Waals surface area contributed by atoms with E-state index in [1.54, 1.807) is 6.07 Å². The molecule has 3 aromatic carbocycles. The molecule has 0 aromatic heterocycles. The van der Waals surface area contributed by atoms with Gasteiger partial charge >= 0.3 is 0 Å². The predicted octanol–water partition coefficient (Wildman–Crippen LogP) is 7.30. The number of aryl methyl sites for hydroxylation is 1. The summed E-state index contributed by atoms with van der Waals surface area (Å²) in [4.78, 5) is 0. The Morgan fingerprint density at radius 3 is 1.94 bits per heavy atom. The molecule has 1 heteroatoms. The first kappa shape index (κ1) is 21.9. The second-order valence-corrected chi connectivity index (χ2v) is 9.09. The Kier molecular flexibility index (Phi) is 7.09. The van der Waals surface area contributed by atoms with E-state index in [4.69, 9.17) is 0 Å². The van der Waals surface area contributed by atoms with E-state index in [1.165, 1.54) is 42.9 Å². The predicted molar refractivity (Wildman–Crippen MR) is 131 cm³/mol. The third kappa shape index (κ3) is 6.12. The fourth-order valence-corrected chi connectivity index (χ4v) is 4.21. The van der Waals surface area contributed by atoms with Gasteiger partial charge in [-0.15, -0.1) is 0 Å². The summed E-state index contributed by atoms with van der Waals surface area (Å²) in [6.07, 6.45) is 6.58. The highest BCUT2D eigenvalue weighted by Gasteiger charge is 2.18. The minimum absolute atomic E-state index is 0.339. The molecule has 0 bridgehead atoms. The first-order valence-corrected chi connectivity index (χ1v) is 11.5. The number of hydrogen-bond donors (Lipinski definition) is 0. The van der Waals surface area contributed by atoms with Crippen LogP contribution in [-0.4, -0.2) is 0 Å². The zero-order valence-electron chi connectivity index (χ0n) is 18.9. The lowest BCUT2D eigenvalue weighted by Crippen LogP contribution is -2.14. The minimum Gasteiger partial charge on any atom is -0.206 e. The third-order valence-electron chi connectivity index (χ3n) is 6.33. The van der Waals surface area contributed by atoms with Gasteiger partial charge in [0.1, 0.15) is 5.82 Å². The first-order chi connectivity index (χ1) is 15.5. The molecule has 0 N–H and O–H groups in total. The van der Waals surface area contributed by atoms with Crippen molar-refractivity contribution in [3.05, 3.63) is 106 Å². The van der Waals surface area contributed by atoms with E-state index in [9.17, 15) is 4.39 Å². The molecule has 1 saturated carbocycles. The average molecular weight is 421 g/mol. The van der Waals surface area contributed by atoms with Crippen molar-refractivity contribution in [2.24, 2.45) is 11.8 Å². The van der Waals surface area contributed by atoms with Crippen LogP contribution in [0.15, 0.2) is 66.7 Å². The van der Waals surface area contributed by atoms with E-state index in [-0.39, 0.29) is 5.82 Å². The van der Waals surface area contributed by atoms with Gasteiger partial charge in [0.25, 0.3) is 0 Å². The van der Waals surface area contributed by atoms with E-state index in [0.29, 0.717) is 11.1 Å². The third-order valence-corrected chi connectivity index (χ3v) is 6.33. The molecule has 3 aromatic rings. The van der Waals surface area contributed by atoms with Crippen LogP contribution in [0.2, 0.25) is 0 Å². The number of rotatable bonds is 2. The van der Waals surface area contributed by atoms with Crippen LogP contribution in [0.5, 0.6) is 0 Å². The quantitative estimate of drug-likeness (QED) is 0.382. The summed E-state index contributed by atoms with van der Waals surface area (Å²) in [5.74, 6) is 13.5. The van der Waals surface area contributed by atoms with Crippen LogP contribution in [0, 0.1) is 48.3 Å². The smallest absolute Gasteiger partial charge is 0.140 e. The van der Waals surface area contributed by atoms with Gasteiger partial charge in [0.05, 0.1) is 5.56 Å². The van der Waals surface area contributed by atoms with Crippen molar-refractivity contribution in [3.8, 4) is 23.7 Å². The van der Waals surface area contributed by atoms with Gasteiger partial charge in [0.2, 0.25) is 0 Å². The molecule has 1 aliphatic carbocycles. The summed E-state index contributed by atoms with van der Waals surface area (Å²) in [7, 11) is 0. The Labute approximate surface area is 191 Å². The Balaban J connectivity index is 1.39. The molecule has 1 fully saturated rings. The van der Waals surface area contributed by atoms with Gasteiger partial charge in [-0.05, 0) is 86.1 Å². The van der Waals surface area contributed by atoms with Crippen molar-refractivity contribution in [2.45, 2.75) is 46.0 Å².